The Bertz CT molecular complexity index is 1060. The lowest BCUT2D eigenvalue weighted by Gasteiger charge is -2.28. The van der Waals surface area contributed by atoms with Crippen molar-refractivity contribution in [2.24, 2.45) is 0 Å². The first-order chi connectivity index (χ1) is 14.1. The zero-order valence-electron chi connectivity index (χ0n) is 15.5. The van der Waals surface area contributed by atoms with Crippen LogP contribution < -0.4 is 14.8 Å². The van der Waals surface area contributed by atoms with E-state index in [2.05, 4.69) is 20.2 Å². The predicted octanol–water partition coefficient (Wildman–Crippen LogP) is 3.79. The molecule has 2 aliphatic rings. The molecule has 0 saturated carbocycles. The molecule has 2 aliphatic heterocycles. The number of nitrogens with zero attached hydrogens (tertiary/aromatic N) is 3. The smallest absolute Gasteiger partial charge is 0.231 e. The number of aromatic nitrogens is 2. The summed E-state index contributed by atoms with van der Waals surface area (Å²) in [5.41, 5.74) is 3.43. The fourth-order valence-electron chi connectivity index (χ4n) is 3.63. The Kier molecular flexibility index (Phi) is 4.48. The van der Waals surface area contributed by atoms with Gasteiger partial charge in [0.2, 0.25) is 12.7 Å². The second kappa shape index (κ2) is 7.29. The highest BCUT2D eigenvalue weighted by Gasteiger charge is 2.20. The third-order valence-electron chi connectivity index (χ3n) is 4.97. The lowest BCUT2D eigenvalue weighted by Crippen LogP contribution is -2.31. The minimum Gasteiger partial charge on any atom is -0.454 e. The molecule has 0 saturated heterocycles. The summed E-state index contributed by atoms with van der Waals surface area (Å²) in [6, 6.07) is 9.20. The van der Waals surface area contributed by atoms with E-state index < -0.39 is 11.6 Å². The zero-order chi connectivity index (χ0) is 19.8. The Labute approximate surface area is 166 Å². The minimum absolute atomic E-state index is 0.229. The molecule has 0 bridgehead atoms. The van der Waals surface area contributed by atoms with Gasteiger partial charge in [-0.3, -0.25) is 4.90 Å². The van der Waals surface area contributed by atoms with Crippen LogP contribution in [-0.2, 0) is 19.5 Å². The highest BCUT2D eigenvalue weighted by atomic mass is 19.1. The maximum absolute atomic E-state index is 13.4. The fourth-order valence-corrected chi connectivity index (χ4v) is 3.63. The zero-order valence-corrected chi connectivity index (χ0v) is 15.5. The molecule has 0 radical (unpaired) electrons. The maximum Gasteiger partial charge on any atom is 0.231 e. The number of nitrogens with one attached hydrogen (secondary N) is 1. The van der Waals surface area contributed by atoms with E-state index in [1.165, 1.54) is 12.1 Å². The molecule has 0 spiro atoms. The van der Waals surface area contributed by atoms with Crippen molar-refractivity contribution in [3.8, 4) is 11.5 Å². The van der Waals surface area contributed by atoms with E-state index in [4.69, 9.17) is 9.47 Å². The second-order valence-corrected chi connectivity index (χ2v) is 7.10. The first kappa shape index (κ1) is 17.8. The molecular weight excluding hydrogens is 378 g/mol. The predicted molar refractivity (Wildman–Crippen MR) is 102 cm³/mol. The molecule has 0 fully saturated rings. The van der Waals surface area contributed by atoms with E-state index in [0.717, 1.165) is 41.7 Å². The number of benzene rings is 2. The van der Waals surface area contributed by atoms with Crippen molar-refractivity contribution in [2.75, 3.05) is 18.7 Å². The van der Waals surface area contributed by atoms with Crippen LogP contribution in [-0.4, -0.2) is 28.2 Å². The van der Waals surface area contributed by atoms with Gasteiger partial charge in [-0.2, -0.15) is 0 Å². The first-order valence-electron chi connectivity index (χ1n) is 9.31. The summed E-state index contributed by atoms with van der Waals surface area (Å²) in [7, 11) is 0. The van der Waals surface area contributed by atoms with Gasteiger partial charge in [-0.1, -0.05) is 0 Å². The van der Waals surface area contributed by atoms with Crippen molar-refractivity contribution in [2.45, 2.75) is 19.5 Å². The molecule has 8 heteroatoms. The lowest BCUT2D eigenvalue weighted by atomic mass is 10.1. The SMILES string of the molecule is Fc1cc(F)cc(CN2CCc3nc(Nc4ccc5c(c4)OCO5)ncc3C2)c1. The average Bonchev–Trinajstić information content (AvgIpc) is 3.15. The molecule has 0 amide bonds. The standard InChI is InChI=1S/C21H18F2N4O2/c22-15-5-13(6-16(23)7-15)10-27-4-3-18-14(11-27)9-24-21(26-18)25-17-1-2-19-20(8-17)29-12-28-19/h1-2,5-9H,3-4,10-12H2,(H,24,25,26). The fraction of sp³-hybridized carbons (Fsp3) is 0.238. The number of hydrogen-bond acceptors (Lipinski definition) is 6. The summed E-state index contributed by atoms with van der Waals surface area (Å²) in [6.07, 6.45) is 2.54. The van der Waals surface area contributed by atoms with Gasteiger partial charge in [0, 0.05) is 55.6 Å². The van der Waals surface area contributed by atoms with Gasteiger partial charge in [0.25, 0.3) is 0 Å². The molecule has 29 heavy (non-hydrogen) atoms. The van der Waals surface area contributed by atoms with E-state index in [1.807, 2.05) is 18.2 Å². The molecule has 148 valence electrons. The number of halogens is 2. The van der Waals surface area contributed by atoms with Crippen LogP contribution in [0.3, 0.4) is 0 Å². The normalized spacial score (nSPS) is 15.2. The Morgan fingerprint density at radius 3 is 2.72 bits per heavy atom. The average molecular weight is 396 g/mol. The van der Waals surface area contributed by atoms with Gasteiger partial charge in [-0.05, 0) is 29.8 Å². The molecule has 3 aromatic rings. The topological polar surface area (TPSA) is 59.5 Å². The summed E-state index contributed by atoms with van der Waals surface area (Å²) in [5, 5.41) is 3.19. The van der Waals surface area contributed by atoms with E-state index >= 15 is 0 Å². The van der Waals surface area contributed by atoms with Crippen LogP contribution in [0.1, 0.15) is 16.8 Å². The van der Waals surface area contributed by atoms with E-state index in [-0.39, 0.29) is 6.79 Å². The third-order valence-corrected chi connectivity index (χ3v) is 4.97. The van der Waals surface area contributed by atoms with Crippen molar-refractivity contribution >= 4 is 11.6 Å². The summed E-state index contributed by atoms with van der Waals surface area (Å²) in [6.45, 7) is 2.10. The van der Waals surface area contributed by atoms with Crippen LogP contribution in [0.5, 0.6) is 11.5 Å². The van der Waals surface area contributed by atoms with Crippen molar-refractivity contribution in [1.82, 2.24) is 14.9 Å². The highest BCUT2D eigenvalue weighted by molar-refractivity contribution is 5.60. The summed E-state index contributed by atoms with van der Waals surface area (Å²) >= 11 is 0. The van der Waals surface area contributed by atoms with Gasteiger partial charge >= 0.3 is 0 Å². The third kappa shape index (κ3) is 3.84. The lowest BCUT2D eigenvalue weighted by molar-refractivity contribution is 0.174. The van der Waals surface area contributed by atoms with Crippen LogP contribution >= 0.6 is 0 Å². The van der Waals surface area contributed by atoms with Crippen LogP contribution in [0.4, 0.5) is 20.4 Å². The Morgan fingerprint density at radius 2 is 1.86 bits per heavy atom. The van der Waals surface area contributed by atoms with Crippen molar-refractivity contribution in [3.05, 3.63) is 71.1 Å². The summed E-state index contributed by atoms with van der Waals surface area (Å²) < 4.78 is 37.5. The number of fused-ring (bicyclic) bond motifs is 2. The second-order valence-electron chi connectivity index (χ2n) is 7.10. The molecule has 6 nitrogen and oxygen atoms in total. The molecular formula is C21H18F2N4O2. The number of anilines is 2. The maximum atomic E-state index is 13.4. The monoisotopic (exact) mass is 396 g/mol. The van der Waals surface area contributed by atoms with Crippen LogP contribution in [0.25, 0.3) is 0 Å². The highest BCUT2D eigenvalue weighted by Crippen LogP contribution is 2.34. The Morgan fingerprint density at radius 1 is 1.03 bits per heavy atom. The molecule has 1 N–H and O–H groups in total. The van der Waals surface area contributed by atoms with Crippen molar-refractivity contribution in [1.29, 1.82) is 0 Å². The molecule has 5 rings (SSSR count). The molecule has 0 atom stereocenters. The van der Waals surface area contributed by atoms with Crippen LogP contribution in [0.15, 0.2) is 42.6 Å². The van der Waals surface area contributed by atoms with Gasteiger partial charge in [-0.15, -0.1) is 0 Å². The quantitative estimate of drug-likeness (QED) is 0.724. The molecule has 1 aromatic heterocycles. The van der Waals surface area contributed by atoms with E-state index in [9.17, 15) is 8.78 Å². The van der Waals surface area contributed by atoms with Gasteiger partial charge in [0.05, 0.1) is 5.69 Å². The summed E-state index contributed by atoms with van der Waals surface area (Å²) in [5.74, 6) is 0.820. The van der Waals surface area contributed by atoms with E-state index in [0.29, 0.717) is 30.4 Å². The molecule has 3 heterocycles. The minimum atomic E-state index is -0.556. The van der Waals surface area contributed by atoms with Crippen molar-refractivity contribution in [3.63, 3.8) is 0 Å². The number of rotatable bonds is 4. The molecule has 2 aromatic carbocycles. The van der Waals surface area contributed by atoms with Gasteiger partial charge in [0.15, 0.2) is 11.5 Å². The van der Waals surface area contributed by atoms with Gasteiger partial charge < -0.3 is 14.8 Å². The van der Waals surface area contributed by atoms with Crippen LogP contribution in [0, 0.1) is 11.6 Å². The number of ether oxygens (including phenoxy) is 2. The summed E-state index contributed by atoms with van der Waals surface area (Å²) in [4.78, 5) is 11.2. The van der Waals surface area contributed by atoms with Crippen LogP contribution in [0.2, 0.25) is 0 Å². The van der Waals surface area contributed by atoms with Gasteiger partial charge in [0.1, 0.15) is 11.6 Å². The molecule has 0 unspecified atom stereocenters. The number of hydrogen-bond donors (Lipinski definition) is 1. The Hall–Kier alpha value is -3.26. The van der Waals surface area contributed by atoms with Crippen molar-refractivity contribution < 1.29 is 18.3 Å². The Balaban J connectivity index is 1.28. The first-order valence-corrected chi connectivity index (χ1v) is 9.31. The van der Waals surface area contributed by atoms with Gasteiger partial charge in [-0.25, -0.2) is 18.7 Å². The molecule has 0 aliphatic carbocycles. The largest absolute Gasteiger partial charge is 0.454 e. The van der Waals surface area contributed by atoms with E-state index in [1.54, 1.807) is 6.20 Å².